The maximum absolute atomic E-state index is 12.2. The standard InChI is InChI=1S/C19H17ClN4OS2/c20-14-6-8-15(9-7-14)22-18(26)24-19-23-16(12-27-19)17(25)21-11-10-13-4-2-1-3-5-13/h1-9,12H,10-11H2,(H,21,25)(H2,22,23,24,26). The van der Waals surface area contributed by atoms with Gasteiger partial charge in [-0.1, -0.05) is 41.9 Å². The number of anilines is 2. The molecule has 0 atom stereocenters. The molecule has 0 aliphatic rings. The summed E-state index contributed by atoms with van der Waals surface area (Å²) in [6.07, 6.45) is 0.775. The van der Waals surface area contributed by atoms with Crippen LogP contribution in [0.15, 0.2) is 60.0 Å². The minimum Gasteiger partial charge on any atom is -0.350 e. The van der Waals surface area contributed by atoms with Crippen molar-refractivity contribution in [2.24, 2.45) is 0 Å². The SMILES string of the molecule is O=C(NCCc1ccccc1)c1csc(NC(=S)Nc2ccc(Cl)cc2)n1. The van der Waals surface area contributed by atoms with E-state index in [9.17, 15) is 4.79 Å². The molecule has 8 heteroatoms. The zero-order valence-electron chi connectivity index (χ0n) is 14.2. The third-order valence-electron chi connectivity index (χ3n) is 3.60. The van der Waals surface area contributed by atoms with Crippen LogP contribution in [0.2, 0.25) is 5.02 Å². The summed E-state index contributed by atoms with van der Waals surface area (Å²) in [6, 6.07) is 17.2. The van der Waals surface area contributed by atoms with Crippen LogP contribution >= 0.6 is 35.2 Å². The van der Waals surface area contributed by atoms with E-state index < -0.39 is 0 Å². The number of nitrogens with one attached hydrogen (secondary N) is 3. The van der Waals surface area contributed by atoms with Crippen molar-refractivity contribution in [3.05, 3.63) is 76.3 Å². The fourth-order valence-corrected chi connectivity index (χ4v) is 3.38. The Morgan fingerprint density at radius 2 is 1.81 bits per heavy atom. The van der Waals surface area contributed by atoms with Crippen LogP contribution in [0.5, 0.6) is 0 Å². The molecule has 0 fully saturated rings. The molecule has 138 valence electrons. The normalized spacial score (nSPS) is 10.3. The number of nitrogens with zero attached hydrogens (tertiary/aromatic N) is 1. The van der Waals surface area contributed by atoms with Gasteiger partial charge in [-0.2, -0.15) is 0 Å². The molecule has 1 heterocycles. The number of rotatable bonds is 6. The number of carbonyl (C=O) groups excluding carboxylic acids is 1. The molecule has 3 aromatic rings. The van der Waals surface area contributed by atoms with Crippen molar-refractivity contribution in [2.45, 2.75) is 6.42 Å². The van der Waals surface area contributed by atoms with Crippen molar-refractivity contribution < 1.29 is 4.79 Å². The van der Waals surface area contributed by atoms with Crippen LogP contribution in [0.1, 0.15) is 16.1 Å². The van der Waals surface area contributed by atoms with E-state index in [1.54, 1.807) is 17.5 Å². The maximum atomic E-state index is 12.2. The Labute approximate surface area is 171 Å². The average Bonchev–Trinajstić information content (AvgIpc) is 3.13. The zero-order chi connectivity index (χ0) is 19.1. The molecule has 0 unspecified atom stereocenters. The molecule has 27 heavy (non-hydrogen) atoms. The Kier molecular flexibility index (Phi) is 6.75. The Bertz CT molecular complexity index is 913. The van der Waals surface area contributed by atoms with Gasteiger partial charge in [-0.25, -0.2) is 4.98 Å². The fourth-order valence-electron chi connectivity index (χ4n) is 2.28. The van der Waals surface area contributed by atoms with Gasteiger partial charge in [0.25, 0.3) is 5.91 Å². The van der Waals surface area contributed by atoms with Gasteiger partial charge < -0.3 is 16.0 Å². The molecule has 1 amide bonds. The molecule has 0 bridgehead atoms. The number of hydrogen-bond acceptors (Lipinski definition) is 4. The summed E-state index contributed by atoms with van der Waals surface area (Å²) in [5.74, 6) is -0.202. The van der Waals surface area contributed by atoms with Crippen LogP contribution in [0.25, 0.3) is 0 Å². The number of carbonyl (C=O) groups is 1. The number of aromatic nitrogens is 1. The van der Waals surface area contributed by atoms with Gasteiger partial charge in [0.05, 0.1) is 0 Å². The van der Waals surface area contributed by atoms with Gasteiger partial charge in [-0.15, -0.1) is 11.3 Å². The van der Waals surface area contributed by atoms with Crippen molar-refractivity contribution in [1.29, 1.82) is 0 Å². The summed E-state index contributed by atoms with van der Waals surface area (Å²) in [6.45, 7) is 0.555. The minimum absolute atomic E-state index is 0.202. The average molecular weight is 417 g/mol. The molecule has 3 rings (SSSR count). The van der Waals surface area contributed by atoms with Crippen molar-refractivity contribution >= 4 is 57.0 Å². The first-order valence-electron chi connectivity index (χ1n) is 8.21. The second-order valence-corrected chi connectivity index (χ2v) is 7.32. The number of halogens is 1. The van der Waals surface area contributed by atoms with E-state index in [-0.39, 0.29) is 5.91 Å². The van der Waals surface area contributed by atoms with Crippen LogP contribution in [0.3, 0.4) is 0 Å². The van der Waals surface area contributed by atoms with Crippen molar-refractivity contribution in [1.82, 2.24) is 10.3 Å². The molecular weight excluding hydrogens is 400 g/mol. The molecule has 0 spiro atoms. The van der Waals surface area contributed by atoms with Crippen LogP contribution in [-0.4, -0.2) is 22.5 Å². The number of thiocarbonyl (C=S) groups is 1. The van der Waals surface area contributed by atoms with E-state index in [0.29, 0.717) is 27.5 Å². The van der Waals surface area contributed by atoms with Crippen molar-refractivity contribution in [2.75, 3.05) is 17.2 Å². The molecule has 3 N–H and O–H groups in total. The first-order chi connectivity index (χ1) is 13.1. The smallest absolute Gasteiger partial charge is 0.270 e. The number of benzene rings is 2. The second-order valence-electron chi connectivity index (χ2n) is 5.62. The van der Waals surface area contributed by atoms with E-state index in [1.165, 1.54) is 16.9 Å². The highest BCUT2D eigenvalue weighted by Gasteiger charge is 2.11. The third kappa shape index (κ3) is 6.02. The molecule has 5 nitrogen and oxygen atoms in total. The number of hydrogen-bond donors (Lipinski definition) is 3. The van der Waals surface area contributed by atoms with Gasteiger partial charge in [-0.05, 0) is 48.5 Å². The zero-order valence-corrected chi connectivity index (χ0v) is 16.6. The summed E-state index contributed by atoms with van der Waals surface area (Å²) < 4.78 is 0. The van der Waals surface area contributed by atoms with Gasteiger partial charge >= 0.3 is 0 Å². The Balaban J connectivity index is 1.47. The predicted molar refractivity (Wildman–Crippen MR) is 116 cm³/mol. The van der Waals surface area contributed by atoms with Gasteiger partial charge in [-0.3, -0.25) is 4.79 Å². The quantitative estimate of drug-likeness (QED) is 0.513. The lowest BCUT2D eigenvalue weighted by molar-refractivity contribution is 0.0950. The molecule has 0 radical (unpaired) electrons. The second kappa shape index (κ2) is 9.45. The Morgan fingerprint density at radius 3 is 2.56 bits per heavy atom. The largest absolute Gasteiger partial charge is 0.350 e. The highest BCUT2D eigenvalue weighted by atomic mass is 35.5. The number of amides is 1. The maximum Gasteiger partial charge on any atom is 0.270 e. The topological polar surface area (TPSA) is 66.1 Å². The first-order valence-corrected chi connectivity index (χ1v) is 9.88. The summed E-state index contributed by atoms with van der Waals surface area (Å²) in [5.41, 5.74) is 2.36. The molecular formula is C19H17ClN4OS2. The molecule has 0 aliphatic heterocycles. The van der Waals surface area contributed by atoms with Crippen molar-refractivity contribution in [3.63, 3.8) is 0 Å². The van der Waals surface area contributed by atoms with E-state index >= 15 is 0 Å². The lowest BCUT2D eigenvalue weighted by Gasteiger charge is -2.08. The lowest BCUT2D eigenvalue weighted by atomic mass is 10.1. The van der Waals surface area contributed by atoms with Gasteiger partial charge in [0.15, 0.2) is 10.2 Å². The van der Waals surface area contributed by atoms with Gasteiger partial charge in [0, 0.05) is 22.6 Å². The molecule has 0 saturated carbocycles. The van der Waals surface area contributed by atoms with Crippen LogP contribution in [-0.2, 0) is 6.42 Å². The molecule has 0 aliphatic carbocycles. The summed E-state index contributed by atoms with van der Waals surface area (Å²) >= 11 is 12.4. The summed E-state index contributed by atoms with van der Waals surface area (Å²) in [4.78, 5) is 16.5. The van der Waals surface area contributed by atoms with E-state index in [1.807, 2.05) is 42.5 Å². The highest BCUT2D eigenvalue weighted by Crippen LogP contribution is 2.17. The monoisotopic (exact) mass is 416 g/mol. The number of thiazole rings is 1. The van der Waals surface area contributed by atoms with Crippen molar-refractivity contribution in [3.8, 4) is 0 Å². The fraction of sp³-hybridized carbons (Fsp3) is 0.105. The molecule has 2 aromatic carbocycles. The molecule has 1 aromatic heterocycles. The van der Waals surface area contributed by atoms with Crippen LogP contribution in [0.4, 0.5) is 10.8 Å². The third-order valence-corrected chi connectivity index (χ3v) is 4.82. The Morgan fingerprint density at radius 1 is 1.07 bits per heavy atom. The van der Waals surface area contributed by atoms with Gasteiger partial charge in [0.2, 0.25) is 0 Å². The summed E-state index contributed by atoms with van der Waals surface area (Å²) in [7, 11) is 0. The lowest BCUT2D eigenvalue weighted by Crippen LogP contribution is -2.26. The minimum atomic E-state index is -0.202. The van der Waals surface area contributed by atoms with E-state index in [0.717, 1.165) is 12.1 Å². The molecule has 0 saturated heterocycles. The predicted octanol–water partition coefficient (Wildman–Crippen LogP) is 4.58. The van der Waals surface area contributed by atoms with Crippen LogP contribution in [0, 0.1) is 0 Å². The highest BCUT2D eigenvalue weighted by molar-refractivity contribution is 7.80. The van der Waals surface area contributed by atoms with Gasteiger partial charge in [0.1, 0.15) is 5.69 Å². The Hall–Kier alpha value is -2.48. The first kappa shape index (κ1) is 19.3. The van der Waals surface area contributed by atoms with E-state index in [4.69, 9.17) is 23.8 Å². The summed E-state index contributed by atoms with van der Waals surface area (Å²) in [5, 5.41) is 12.2. The van der Waals surface area contributed by atoms with Crippen LogP contribution < -0.4 is 16.0 Å². The van der Waals surface area contributed by atoms with E-state index in [2.05, 4.69) is 20.9 Å².